The van der Waals surface area contributed by atoms with E-state index in [-0.39, 0.29) is 18.2 Å². The van der Waals surface area contributed by atoms with Crippen LogP contribution >= 0.6 is 0 Å². The Kier molecular flexibility index (Phi) is 4.93. The number of nitrogens with zero attached hydrogens (tertiary/aromatic N) is 1. The number of hydrogen-bond acceptors (Lipinski definition) is 3. The van der Waals surface area contributed by atoms with Crippen molar-refractivity contribution in [3.63, 3.8) is 0 Å². The second-order valence-electron chi connectivity index (χ2n) is 6.73. The van der Waals surface area contributed by atoms with Gasteiger partial charge in [0.1, 0.15) is 5.60 Å². The minimum atomic E-state index is -0.435. The third-order valence-corrected chi connectivity index (χ3v) is 3.75. The zero-order chi connectivity index (χ0) is 15.5. The Balaban J connectivity index is 1.86. The molecular weight excluding hydrogens is 266 g/mol. The van der Waals surface area contributed by atoms with E-state index >= 15 is 0 Å². The Morgan fingerprint density at radius 3 is 2.95 bits per heavy atom. The maximum atomic E-state index is 12.2. The predicted molar refractivity (Wildman–Crippen MR) is 83.2 cm³/mol. The average molecular weight is 293 g/mol. The number of rotatable bonds is 4. The third kappa shape index (κ3) is 4.49. The SMILES string of the molecule is C[C@H](NC[C@H]1CCCN1C(=O)OC(C)(C)C)c1ccc[nH]1. The molecule has 0 aliphatic carbocycles. The summed E-state index contributed by atoms with van der Waals surface area (Å²) in [7, 11) is 0. The summed E-state index contributed by atoms with van der Waals surface area (Å²) in [6, 6.07) is 4.53. The Morgan fingerprint density at radius 2 is 2.33 bits per heavy atom. The fourth-order valence-corrected chi connectivity index (χ4v) is 2.65. The zero-order valence-electron chi connectivity index (χ0n) is 13.5. The van der Waals surface area contributed by atoms with E-state index in [1.165, 1.54) is 0 Å². The number of aromatic nitrogens is 1. The lowest BCUT2D eigenvalue weighted by Gasteiger charge is -2.29. The molecule has 0 radical (unpaired) electrons. The number of hydrogen-bond donors (Lipinski definition) is 2. The Morgan fingerprint density at radius 1 is 1.57 bits per heavy atom. The molecular formula is C16H27N3O2. The molecule has 1 aromatic rings. The molecule has 0 spiro atoms. The van der Waals surface area contributed by atoms with Gasteiger partial charge in [0.25, 0.3) is 0 Å². The average Bonchev–Trinajstić information content (AvgIpc) is 3.04. The van der Waals surface area contributed by atoms with Crippen molar-refractivity contribution >= 4 is 6.09 Å². The lowest BCUT2D eigenvalue weighted by molar-refractivity contribution is 0.0225. The van der Waals surface area contributed by atoms with Crippen molar-refractivity contribution in [1.29, 1.82) is 0 Å². The van der Waals surface area contributed by atoms with Crippen LogP contribution in [0.15, 0.2) is 18.3 Å². The quantitative estimate of drug-likeness (QED) is 0.897. The molecule has 1 saturated heterocycles. The van der Waals surface area contributed by atoms with Crippen LogP contribution in [0.4, 0.5) is 4.79 Å². The summed E-state index contributed by atoms with van der Waals surface area (Å²) in [6.07, 6.45) is 3.81. The van der Waals surface area contributed by atoms with E-state index in [0.29, 0.717) is 0 Å². The number of amides is 1. The summed E-state index contributed by atoms with van der Waals surface area (Å²) < 4.78 is 5.48. The summed E-state index contributed by atoms with van der Waals surface area (Å²) in [6.45, 7) is 9.42. The van der Waals surface area contributed by atoms with Crippen molar-refractivity contribution in [3.8, 4) is 0 Å². The highest BCUT2D eigenvalue weighted by molar-refractivity contribution is 5.69. The maximum Gasteiger partial charge on any atom is 0.410 e. The highest BCUT2D eigenvalue weighted by atomic mass is 16.6. The topological polar surface area (TPSA) is 57.4 Å². The van der Waals surface area contributed by atoms with Gasteiger partial charge < -0.3 is 19.9 Å². The molecule has 5 heteroatoms. The molecule has 118 valence electrons. The van der Waals surface area contributed by atoms with Crippen LogP contribution in [0, 0.1) is 0 Å². The van der Waals surface area contributed by atoms with E-state index in [1.54, 1.807) is 0 Å². The minimum Gasteiger partial charge on any atom is -0.444 e. The molecule has 1 aliphatic rings. The predicted octanol–water partition coefficient (Wildman–Crippen LogP) is 3.06. The van der Waals surface area contributed by atoms with E-state index in [9.17, 15) is 4.79 Å². The first-order valence-electron chi connectivity index (χ1n) is 7.73. The molecule has 0 saturated carbocycles. The van der Waals surface area contributed by atoms with Crippen LogP contribution in [0.3, 0.4) is 0 Å². The number of carbonyl (C=O) groups is 1. The van der Waals surface area contributed by atoms with Gasteiger partial charge in [0, 0.05) is 37.1 Å². The Bertz CT molecular complexity index is 451. The van der Waals surface area contributed by atoms with Gasteiger partial charge in [0.2, 0.25) is 0 Å². The number of nitrogens with one attached hydrogen (secondary N) is 2. The first-order valence-corrected chi connectivity index (χ1v) is 7.73. The molecule has 1 fully saturated rings. The van der Waals surface area contributed by atoms with Crippen molar-refractivity contribution in [1.82, 2.24) is 15.2 Å². The lowest BCUT2D eigenvalue weighted by atomic mass is 10.2. The van der Waals surface area contributed by atoms with Crippen LogP contribution in [0.5, 0.6) is 0 Å². The van der Waals surface area contributed by atoms with E-state index in [0.717, 1.165) is 31.6 Å². The summed E-state index contributed by atoms with van der Waals surface area (Å²) in [5, 5.41) is 3.49. The lowest BCUT2D eigenvalue weighted by Crippen LogP contribution is -2.44. The van der Waals surface area contributed by atoms with Crippen LogP contribution < -0.4 is 5.32 Å². The van der Waals surface area contributed by atoms with Crippen molar-refractivity contribution in [2.45, 2.75) is 58.2 Å². The van der Waals surface area contributed by atoms with Gasteiger partial charge in [-0.15, -0.1) is 0 Å². The number of likely N-dealkylation sites (tertiary alicyclic amines) is 1. The highest BCUT2D eigenvalue weighted by Gasteiger charge is 2.32. The minimum absolute atomic E-state index is 0.195. The van der Waals surface area contributed by atoms with Gasteiger partial charge >= 0.3 is 6.09 Å². The van der Waals surface area contributed by atoms with E-state index in [1.807, 2.05) is 37.9 Å². The van der Waals surface area contributed by atoms with Gasteiger partial charge in [-0.05, 0) is 52.7 Å². The largest absolute Gasteiger partial charge is 0.444 e. The second-order valence-corrected chi connectivity index (χ2v) is 6.73. The molecule has 2 N–H and O–H groups in total. The molecule has 0 aromatic carbocycles. The summed E-state index contributed by atoms with van der Waals surface area (Å²) in [4.78, 5) is 17.3. The van der Waals surface area contributed by atoms with Gasteiger partial charge in [-0.25, -0.2) is 4.79 Å². The molecule has 21 heavy (non-hydrogen) atoms. The highest BCUT2D eigenvalue weighted by Crippen LogP contribution is 2.21. The van der Waals surface area contributed by atoms with Crippen molar-refractivity contribution < 1.29 is 9.53 Å². The summed E-state index contributed by atoms with van der Waals surface area (Å²) in [5.41, 5.74) is 0.728. The number of aromatic amines is 1. The zero-order valence-corrected chi connectivity index (χ0v) is 13.5. The molecule has 1 amide bonds. The van der Waals surface area contributed by atoms with Gasteiger partial charge in [0.05, 0.1) is 0 Å². The smallest absolute Gasteiger partial charge is 0.410 e. The molecule has 5 nitrogen and oxygen atoms in total. The molecule has 0 unspecified atom stereocenters. The van der Waals surface area contributed by atoms with Crippen molar-refractivity contribution in [2.75, 3.05) is 13.1 Å². The van der Waals surface area contributed by atoms with E-state index in [2.05, 4.69) is 23.3 Å². The summed E-state index contributed by atoms with van der Waals surface area (Å²) in [5.74, 6) is 0. The van der Waals surface area contributed by atoms with Crippen LogP contribution in [0.2, 0.25) is 0 Å². The number of ether oxygens (including phenoxy) is 1. The van der Waals surface area contributed by atoms with Crippen LogP contribution in [0.25, 0.3) is 0 Å². The van der Waals surface area contributed by atoms with Crippen LogP contribution in [0.1, 0.15) is 52.3 Å². The fraction of sp³-hybridized carbons (Fsp3) is 0.688. The van der Waals surface area contributed by atoms with E-state index < -0.39 is 5.60 Å². The molecule has 2 rings (SSSR count). The maximum absolute atomic E-state index is 12.2. The molecule has 1 aliphatic heterocycles. The Labute approximate surface area is 127 Å². The second kappa shape index (κ2) is 6.52. The Hall–Kier alpha value is -1.49. The monoisotopic (exact) mass is 293 g/mol. The first kappa shape index (κ1) is 15.9. The normalized spacial score (nSPS) is 20.6. The van der Waals surface area contributed by atoms with Crippen LogP contribution in [-0.2, 0) is 4.74 Å². The van der Waals surface area contributed by atoms with Gasteiger partial charge in [0.15, 0.2) is 0 Å². The van der Waals surface area contributed by atoms with Gasteiger partial charge in [-0.3, -0.25) is 0 Å². The van der Waals surface area contributed by atoms with Crippen LogP contribution in [-0.4, -0.2) is 40.7 Å². The van der Waals surface area contributed by atoms with Crippen molar-refractivity contribution in [2.24, 2.45) is 0 Å². The van der Waals surface area contributed by atoms with Gasteiger partial charge in [-0.1, -0.05) is 0 Å². The molecule has 1 aromatic heterocycles. The molecule has 2 heterocycles. The molecule has 0 bridgehead atoms. The number of carbonyl (C=O) groups excluding carboxylic acids is 1. The first-order chi connectivity index (χ1) is 9.87. The van der Waals surface area contributed by atoms with Crippen molar-refractivity contribution in [3.05, 3.63) is 24.0 Å². The molecule has 2 atom stereocenters. The van der Waals surface area contributed by atoms with Gasteiger partial charge in [-0.2, -0.15) is 0 Å². The third-order valence-electron chi connectivity index (χ3n) is 3.75. The summed E-state index contributed by atoms with van der Waals surface area (Å²) >= 11 is 0. The van der Waals surface area contributed by atoms with E-state index in [4.69, 9.17) is 4.74 Å². The fourth-order valence-electron chi connectivity index (χ4n) is 2.65. The standard InChI is InChI=1S/C16H27N3O2/c1-12(14-8-5-9-17-14)18-11-13-7-6-10-19(13)15(20)21-16(2,3)4/h5,8-9,12-13,17-18H,6-7,10-11H2,1-4H3/t12-,13+/m0/s1. The number of H-pyrrole nitrogens is 1.